The van der Waals surface area contributed by atoms with E-state index in [1.807, 2.05) is 67.6 Å². The molecule has 1 heterocycles. The summed E-state index contributed by atoms with van der Waals surface area (Å²) in [5, 5.41) is 0.949. The summed E-state index contributed by atoms with van der Waals surface area (Å²) in [6.07, 6.45) is 0. The number of benzene rings is 3. The van der Waals surface area contributed by atoms with Gasteiger partial charge in [0.1, 0.15) is 5.75 Å². The van der Waals surface area contributed by atoms with E-state index in [0.717, 1.165) is 33.5 Å². The van der Waals surface area contributed by atoms with Gasteiger partial charge in [-0.1, -0.05) is 42.0 Å². The summed E-state index contributed by atoms with van der Waals surface area (Å²) in [7, 11) is 1.62. The summed E-state index contributed by atoms with van der Waals surface area (Å²) >= 11 is 0. The van der Waals surface area contributed by atoms with E-state index in [-0.39, 0.29) is 5.78 Å². The highest BCUT2D eigenvalue weighted by molar-refractivity contribution is 6.20. The number of carbonyl (C=O) groups excluding carboxylic acids is 1. The number of rotatable bonds is 4. The number of hydrogen-bond acceptors (Lipinski definition) is 2. The van der Waals surface area contributed by atoms with E-state index in [1.54, 1.807) is 7.11 Å². The smallest absolute Gasteiger partial charge is 0.195 e. The fourth-order valence-corrected chi connectivity index (χ4v) is 3.25. The maximum absolute atomic E-state index is 13.4. The Morgan fingerprint density at radius 2 is 1.65 bits per heavy atom. The highest BCUT2D eigenvalue weighted by atomic mass is 16.5. The lowest BCUT2D eigenvalue weighted by molar-refractivity contribution is 0.104. The van der Waals surface area contributed by atoms with E-state index in [4.69, 9.17) is 4.74 Å². The monoisotopic (exact) mass is 341 g/mol. The molecule has 0 radical (unpaired) electrons. The second kappa shape index (κ2) is 6.52. The second-order valence-corrected chi connectivity index (χ2v) is 6.35. The number of aromatic nitrogens is 1. The minimum atomic E-state index is 0.00311. The Morgan fingerprint density at radius 3 is 2.35 bits per heavy atom. The highest BCUT2D eigenvalue weighted by Gasteiger charge is 2.21. The van der Waals surface area contributed by atoms with E-state index in [1.165, 1.54) is 0 Å². The molecule has 0 spiro atoms. The number of carbonyl (C=O) groups is 1. The summed E-state index contributed by atoms with van der Waals surface area (Å²) < 4.78 is 5.20. The average Bonchev–Trinajstić information content (AvgIpc) is 3.06. The van der Waals surface area contributed by atoms with Crippen LogP contribution in [0.5, 0.6) is 5.75 Å². The molecule has 0 amide bonds. The molecule has 1 N–H and O–H groups in total. The van der Waals surface area contributed by atoms with Crippen LogP contribution in [0.1, 0.15) is 21.5 Å². The molecule has 0 aliphatic carbocycles. The maximum Gasteiger partial charge on any atom is 0.195 e. The lowest BCUT2D eigenvalue weighted by Gasteiger charge is -2.06. The fraction of sp³-hybridized carbons (Fsp3) is 0.0870. The molecule has 4 rings (SSSR count). The van der Waals surface area contributed by atoms with Crippen LogP contribution >= 0.6 is 0 Å². The van der Waals surface area contributed by atoms with E-state index < -0.39 is 0 Å². The van der Waals surface area contributed by atoms with E-state index in [2.05, 4.69) is 17.1 Å². The van der Waals surface area contributed by atoms with Crippen LogP contribution in [0, 0.1) is 6.92 Å². The van der Waals surface area contributed by atoms with Crippen molar-refractivity contribution in [3.8, 4) is 17.0 Å². The van der Waals surface area contributed by atoms with Crippen LogP contribution in [0.2, 0.25) is 0 Å². The molecule has 128 valence electrons. The Labute approximate surface area is 152 Å². The number of H-pyrrole nitrogens is 1. The van der Waals surface area contributed by atoms with Crippen LogP contribution in [-0.4, -0.2) is 17.9 Å². The quantitative estimate of drug-likeness (QED) is 0.506. The normalized spacial score (nSPS) is 10.8. The number of aromatic amines is 1. The molecule has 0 fully saturated rings. The Bertz CT molecular complexity index is 1080. The largest absolute Gasteiger partial charge is 0.497 e. The van der Waals surface area contributed by atoms with Crippen molar-refractivity contribution in [3.05, 3.63) is 89.5 Å². The van der Waals surface area contributed by atoms with Crippen LogP contribution < -0.4 is 4.74 Å². The zero-order chi connectivity index (χ0) is 18.1. The van der Waals surface area contributed by atoms with Gasteiger partial charge >= 0.3 is 0 Å². The zero-order valence-corrected chi connectivity index (χ0v) is 14.7. The molecule has 0 bridgehead atoms. The predicted molar refractivity (Wildman–Crippen MR) is 105 cm³/mol. The van der Waals surface area contributed by atoms with Gasteiger partial charge in [0.05, 0.1) is 18.4 Å². The molecule has 0 atom stereocenters. The number of ether oxygens (including phenoxy) is 1. The highest BCUT2D eigenvalue weighted by Crippen LogP contribution is 2.33. The van der Waals surface area contributed by atoms with Gasteiger partial charge in [0.15, 0.2) is 5.78 Å². The van der Waals surface area contributed by atoms with Crippen molar-refractivity contribution in [1.82, 2.24) is 4.98 Å². The van der Waals surface area contributed by atoms with Crippen LogP contribution in [0.25, 0.3) is 22.2 Å². The fourth-order valence-electron chi connectivity index (χ4n) is 3.25. The predicted octanol–water partition coefficient (Wildman–Crippen LogP) is 5.38. The minimum absolute atomic E-state index is 0.00311. The zero-order valence-electron chi connectivity index (χ0n) is 14.7. The number of fused-ring (bicyclic) bond motifs is 1. The minimum Gasteiger partial charge on any atom is -0.497 e. The van der Waals surface area contributed by atoms with Crippen molar-refractivity contribution in [2.75, 3.05) is 7.11 Å². The van der Waals surface area contributed by atoms with E-state index in [0.29, 0.717) is 11.1 Å². The Balaban J connectivity index is 1.93. The standard InChI is InChI=1S/C23H19NO2/c1-15-8-13-20-19(14-15)21(22(24-20)16-6-4-3-5-7-16)23(25)17-9-11-18(26-2)12-10-17/h3-14,24H,1-2H3. The number of nitrogens with one attached hydrogen (secondary N) is 1. The lowest BCUT2D eigenvalue weighted by atomic mass is 9.96. The summed E-state index contributed by atoms with van der Waals surface area (Å²) in [5.41, 5.74) is 5.29. The van der Waals surface area contributed by atoms with Crippen molar-refractivity contribution < 1.29 is 9.53 Å². The van der Waals surface area contributed by atoms with Crippen LogP contribution in [0.15, 0.2) is 72.8 Å². The molecular formula is C23H19NO2. The van der Waals surface area contributed by atoms with Crippen LogP contribution in [0.3, 0.4) is 0 Å². The Hall–Kier alpha value is -3.33. The van der Waals surface area contributed by atoms with Gasteiger partial charge in [-0.05, 0) is 48.9 Å². The lowest BCUT2D eigenvalue weighted by Crippen LogP contribution is -2.02. The van der Waals surface area contributed by atoms with Gasteiger partial charge in [-0.3, -0.25) is 4.79 Å². The molecule has 1 aromatic heterocycles. The van der Waals surface area contributed by atoms with Crippen LogP contribution in [0.4, 0.5) is 0 Å². The molecule has 0 aliphatic rings. The number of ketones is 1. The Morgan fingerprint density at radius 1 is 0.923 bits per heavy atom. The van der Waals surface area contributed by atoms with E-state index >= 15 is 0 Å². The van der Waals surface area contributed by atoms with Crippen molar-refractivity contribution in [1.29, 1.82) is 0 Å². The first kappa shape index (κ1) is 16.2. The van der Waals surface area contributed by atoms with Gasteiger partial charge < -0.3 is 9.72 Å². The van der Waals surface area contributed by atoms with Gasteiger partial charge in [-0.15, -0.1) is 0 Å². The van der Waals surface area contributed by atoms with E-state index in [9.17, 15) is 4.79 Å². The molecule has 3 nitrogen and oxygen atoms in total. The van der Waals surface area contributed by atoms with Crippen molar-refractivity contribution in [2.24, 2.45) is 0 Å². The topological polar surface area (TPSA) is 42.1 Å². The molecule has 26 heavy (non-hydrogen) atoms. The molecule has 3 heteroatoms. The molecule has 3 aromatic carbocycles. The molecule has 0 unspecified atom stereocenters. The van der Waals surface area contributed by atoms with Crippen LogP contribution in [-0.2, 0) is 0 Å². The molecule has 0 aliphatic heterocycles. The van der Waals surface area contributed by atoms with Gasteiger partial charge in [-0.25, -0.2) is 0 Å². The maximum atomic E-state index is 13.4. The number of aryl methyl sites for hydroxylation is 1. The molecule has 0 saturated carbocycles. The van der Waals surface area contributed by atoms with Crippen molar-refractivity contribution in [3.63, 3.8) is 0 Å². The third-order valence-electron chi connectivity index (χ3n) is 4.60. The second-order valence-electron chi connectivity index (χ2n) is 6.35. The first-order chi connectivity index (χ1) is 12.7. The molecule has 4 aromatic rings. The first-order valence-electron chi connectivity index (χ1n) is 8.54. The van der Waals surface area contributed by atoms with Gasteiger partial charge in [0, 0.05) is 16.5 Å². The van der Waals surface area contributed by atoms with Gasteiger partial charge in [-0.2, -0.15) is 0 Å². The summed E-state index contributed by atoms with van der Waals surface area (Å²) in [6, 6.07) is 23.4. The summed E-state index contributed by atoms with van der Waals surface area (Å²) in [6.45, 7) is 2.04. The molecule has 0 saturated heterocycles. The number of methoxy groups -OCH3 is 1. The number of hydrogen-bond donors (Lipinski definition) is 1. The van der Waals surface area contributed by atoms with Gasteiger partial charge in [0.25, 0.3) is 0 Å². The third-order valence-corrected chi connectivity index (χ3v) is 4.60. The molecular weight excluding hydrogens is 322 g/mol. The third kappa shape index (κ3) is 2.78. The summed E-state index contributed by atoms with van der Waals surface area (Å²) in [5.74, 6) is 0.739. The Kier molecular flexibility index (Phi) is 4.05. The van der Waals surface area contributed by atoms with Crippen molar-refractivity contribution in [2.45, 2.75) is 6.92 Å². The summed E-state index contributed by atoms with van der Waals surface area (Å²) in [4.78, 5) is 16.8. The average molecular weight is 341 g/mol. The van der Waals surface area contributed by atoms with Crippen molar-refractivity contribution >= 4 is 16.7 Å². The SMILES string of the molecule is COc1ccc(C(=O)c2c(-c3ccccc3)[nH]c3ccc(C)cc23)cc1. The first-order valence-corrected chi connectivity index (χ1v) is 8.54. The van der Waals surface area contributed by atoms with Gasteiger partial charge in [0.2, 0.25) is 0 Å².